The van der Waals surface area contributed by atoms with E-state index in [1.165, 1.54) is 12.0 Å². The second-order valence-corrected chi connectivity index (χ2v) is 2.94. The highest BCUT2D eigenvalue weighted by Gasteiger charge is 2.01. The first-order valence-electron chi connectivity index (χ1n) is 4.37. The summed E-state index contributed by atoms with van der Waals surface area (Å²) in [5.74, 6) is 0.621. The van der Waals surface area contributed by atoms with Crippen molar-refractivity contribution in [2.24, 2.45) is 0 Å². The van der Waals surface area contributed by atoms with Crippen LogP contribution in [0.5, 0.6) is 0 Å². The summed E-state index contributed by atoms with van der Waals surface area (Å²) < 4.78 is 4.67. The van der Waals surface area contributed by atoms with Gasteiger partial charge in [-0.3, -0.25) is 0 Å². The van der Waals surface area contributed by atoms with E-state index in [1.54, 1.807) is 0 Å². The van der Waals surface area contributed by atoms with Gasteiger partial charge in [0.2, 0.25) is 12.2 Å². The fourth-order valence-corrected chi connectivity index (χ4v) is 1.25. The molecule has 0 aliphatic rings. The topological polar surface area (TPSA) is 38.9 Å². The fraction of sp³-hybridized carbons (Fsp3) is 0.0909. The summed E-state index contributed by atoms with van der Waals surface area (Å²) in [6.45, 7) is 3.69. The van der Waals surface area contributed by atoms with Gasteiger partial charge in [-0.05, 0) is 12.0 Å². The highest BCUT2D eigenvalue weighted by atomic mass is 16.5. The van der Waals surface area contributed by atoms with Crippen LogP contribution in [-0.2, 0) is 6.42 Å². The van der Waals surface area contributed by atoms with Crippen LogP contribution in [0.25, 0.3) is 11.4 Å². The highest BCUT2D eigenvalue weighted by Crippen LogP contribution is 2.15. The van der Waals surface area contributed by atoms with Crippen molar-refractivity contribution >= 4 is 0 Å². The van der Waals surface area contributed by atoms with Gasteiger partial charge in [-0.2, -0.15) is 4.98 Å². The standard InChI is InChI=1S/C11H10N2O/c1-2-3-9-4-6-10(7-5-9)11-12-8-14-13-11/h2,4-8H,1,3H2. The Morgan fingerprint density at radius 2 is 2.07 bits per heavy atom. The lowest BCUT2D eigenvalue weighted by molar-refractivity contribution is 0.419. The van der Waals surface area contributed by atoms with E-state index in [9.17, 15) is 0 Å². The lowest BCUT2D eigenvalue weighted by Crippen LogP contribution is -1.83. The maximum Gasteiger partial charge on any atom is 0.214 e. The van der Waals surface area contributed by atoms with Gasteiger partial charge in [0, 0.05) is 5.56 Å². The first kappa shape index (κ1) is 8.69. The maximum atomic E-state index is 4.67. The summed E-state index contributed by atoms with van der Waals surface area (Å²) >= 11 is 0. The van der Waals surface area contributed by atoms with Gasteiger partial charge in [0.05, 0.1) is 0 Å². The van der Waals surface area contributed by atoms with Gasteiger partial charge < -0.3 is 4.52 Å². The first-order chi connectivity index (χ1) is 6.90. The predicted octanol–water partition coefficient (Wildman–Crippen LogP) is 2.47. The zero-order valence-electron chi connectivity index (χ0n) is 7.68. The summed E-state index contributed by atoms with van der Waals surface area (Å²) in [5, 5.41) is 3.76. The molecular weight excluding hydrogens is 176 g/mol. The lowest BCUT2D eigenvalue weighted by atomic mass is 10.1. The van der Waals surface area contributed by atoms with Crippen LogP contribution >= 0.6 is 0 Å². The lowest BCUT2D eigenvalue weighted by Gasteiger charge is -1.97. The zero-order valence-corrected chi connectivity index (χ0v) is 7.68. The van der Waals surface area contributed by atoms with Crippen LogP contribution in [0.2, 0.25) is 0 Å². The zero-order chi connectivity index (χ0) is 9.80. The Morgan fingerprint density at radius 1 is 1.29 bits per heavy atom. The van der Waals surface area contributed by atoms with Gasteiger partial charge in [0.1, 0.15) is 0 Å². The Labute approximate surface area is 82.1 Å². The molecule has 0 unspecified atom stereocenters. The van der Waals surface area contributed by atoms with Crippen molar-refractivity contribution < 1.29 is 4.52 Å². The molecule has 0 saturated heterocycles. The summed E-state index contributed by atoms with van der Waals surface area (Å²) in [5.41, 5.74) is 2.19. The normalized spacial score (nSPS) is 10.0. The molecule has 1 aromatic heterocycles. The van der Waals surface area contributed by atoms with Gasteiger partial charge in [-0.1, -0.05) is 35.5 Å². The smallest absolute Gasteiger partial charge is 0.214 e. The molecule has 2 rings (SSSR count). The molecule has 0 aliphatic carbocycles. The molecule has 0 atom stereocenters. The van der Waals surface area contributed by atoms with Crippen LogP contribution in [0.15, 0.2) is 47.8 Å². The van der Waals surface area contributed by atoms with E-state index in [0.717, 1.165) is 12.0 Å². The number of nitrogens with zero attached hydrogens (tertiary/aromatic N) is 2. The molecule has 1 heterocycles. The van der Waals surface area contributed by atoms with E-state index in [-0.39, 0.29) is 0 Å². The molecule has 0 fully saturated rings. The third-order valence-electron chi connectivity index (χ3n) is 1.95. The molecule has 0 saturated carbocycles. The van der Waals surface area contributed by atoms with Crippen molar-refractivity contribution in [2.45, 2.75) is 6.42 Å². The van der Waals surface area contributed by atoms with Crippen molar-refractivity contribution in [2.75, 3.05) is 0 Å². The van der Waals surface area contributed by atoms with Crippen molar-refractivity contribution in [3.63, 3.8) is 0 Å². The Balaban J connectivity index is 2.26. The Hall–Kier alpha value is -1.90. The average Bonchev–Trinajstić information content (AvgIpc) is 2.72. The molecule has 0 radical (unpaired) electrons. The molecule has 1 aromatic carbocycles. The molecular formula is C11H10N2O. The van der Waals surface area contributed by atoms with Gasteiger partial charge in [-0.25, -0.2) is 0 Å². The van der Waals surface area contributed by atoms with Crippen LogP contribution in [0.3, 0.4) is 0 Å². The predicted molar refractivity (Wildman–Crippen MR) is 53.6 cm³/mol. The minimum absolute atomic E-state index is 0.621. The second kappa shape index (κ2) is 3.87. The molecule has 14 heavy (non-hydrogen) atoms. The Kier molecular flexibility index (Phi) is 2.40. The van der Waals surface area contributed by atoms with Crippen LogP contribution < -0.4 is 0 Å². The van der Waals surface area contributed by atoms with E-state index >= 15 is 0 Å². The molecule has 0 bridgehead atoms. The fourth-order valence-electron chi connectivity index (χ4n) is 1.25. The molecule has 3 nitrogen and oxygen atoms in total. The van der Waals surface area contributed by atoms with Gasteiger partial charge in [0.15, 0.2) is 0 Å². The van der Waals surface area contributed by atoms with Crippen molar-refractivity contribution in [3.05, 3.63) is 48.9 Å². The number of rotatable bonds is 3. The summed E-state index contributed by atoms with van der Waals surface area (Å²) in [6.07, 6.45) is 4.09. The van der Waals surface area contributed by atoms with Crippen LogP contribution in [0.4, 0.5) is 0 Å². The van der Waals surface area contributed by atoms with E-state index in [0.29, 0.717) is 5.82 Å². The summed E-state index contributed by atoms with van der Waals surface area (Å²) in [4.78, 5) is 3.96. The maximum absolute atomic E-state index is 4.67. The van der Waals surface area contributed by atoms with E-state index in [2.05, 4.69) is 21.2 Å². The average molecular weight is 186 g/mol. The van der Waals surface area contributed by atoms with Crippen molar-refractivity contribution in [3.8, 4) is 11.4 Å². The number of hydrogen-bond acceptors (Lipinski definition) is 3. The van der Waals surface area contributed by atoms with Crippen molar-refractivity contribution in [1.29, 1.82) is 0 Å². The van der Waals surface area contributed by atoms with Crippen LogP contribution in [0, 0.1) is 0 Å². The molecule has 0 aliphatic heterocycles. The monoisotopic (exact) mass is 186 g/mol. The van der Waals surface area contributed by atoms with Gasteiger partial charge in [-0.15, -0.1) is 6.58 Å². The second-order valence-electron chi connectivity index (χ2n) is 2.94. The molecule has 2 aromatic rings. The SMILES string of the molecule is C=CCc1ccc(-c2ncon2)cc1. The largest absolute Gasteiger partial charge is 0.342 e. The van der Waals surface area contributed by atoms with Gasteiger partial charge >= 0.3 is 0 Å². The molecule has 0 spiro atoms. The number of aromatic nitrogens is 2. The third-order valence-corrected chi connectivity index (χ3v) is 1.95. The molecule has 3 heteroatoms. The number of benzene rings is 1. The number of allylic oxidation sites excluding steroid dienone is 1. The minimum atomic E-state index is 0.621. The quantitative estimate of drug-likeness (QED) is 0.691. The summed E-state index contributed by atoms with van der Waals surface area (Å²) in [7, 11) is 0. The highest BCUT2D eigenvalue weighted by molar-refractivity contribution is 5.54. The number of hydrogen-bond donors (Lipinski definition) is 0. The molecule has 0 amide bonds. The first-order valence-corrected chi connectivity index (χ1v) is 4.37. The van der Waals surface area contributed by atoms with E-state index < -0.39 is 0 Å². The van der Waals surface area contributed by atoms with Crippen LogP contribution in [0.1, 0.15) is 5.56 Å². The van der Waals surface area contributed by atoms with Gasteiger partial charge in [0.25, 0.3) is 0 Å². The Morgan fingerprint density at radius 3 is 2.64 bits per heavy atom. The Bertz CT molecular complexity index is 403. The van der Waals surface area contributed by atoms with E-state index in [1.807, 2.05) is 30.3 Å². The molecule has 0 N–H and O–H groups in total. The minimum Gasteiger partial charge on any atom is -0.342 e. The van der Waals surface area contributed by atoms with Crippen molar-refractivity contribution in [1.82, 2.24) is 10.1 Å². The van der Waals surface area contributed by atoms with E-state index in [4.69, 9.17) is 0 Å². The third kappa shape index (κ3) is 1.71. The van der Waals surface area contributed by atoms with Crippen LogP contribution in [-0.4, -0.2) is 10.1 Å². The summed E-state index contributed by atoms with van der Waals surface area (Å²) in [6, 6.07) is 8.02. The molecule has 70 valence electrons.